The van der Waals surface area contributed by atoms with E-state index in [9.17, 15) is 0 Å². The first-order chi connectivity index (χ1) is 10.3. The smallest absolute Gasteiger partial charge is 0.222 e. The van der Waals surface area contributed by atoms with Crippen molar-refractivity contribution in [3.05, 3.63) is 64.8 Å². The summed E-state index contributed by atoms with van der Waals surface area (Å²) in [5, 5.41) is 7.75. The lowest BCUT2D eigenvalue weighted by Gasteiger charge is -2.30. The van der Waals surface area contributed by atoms with Gasteiger partial charge in [-0.25, -0.2) is 4.68 Å². The third kappa shape index (κ3) is 2.25. The maximum Gasteiger partial charge on any atom is 0.222 e. The summed E-state index contributed by atoms with van der Waals surface area (Å²) < 4.78 is 8.54. The van der Waals surface area contributed by atoms with Crippen LogP contribution in [0, 0.1) is 0 Å². The van der Waals surface area contributed by atoms with Crippen molar-refractivity contribution in [3.63, 3.8) is 0 Å². The van der Waals surface area contributed by atoms with Crippen LogP contribution in [-0.2, 0) is 0 Å². The van der Waals surface area contributed by atoms with E-state index >= 15 is 0 Å². The molecule has 1 aromatic carbocycles. The lowest BCUT2D eigenvalue weighted by molar-refractivity contribution is 0.358. The molecule has 0 amide bonds. The van der Waals surface area contributed by atoms with Crippen molar-refractivity contribution in [2.24, 2.45) is 0 Å². The third-order valence-corrected chi connectivity index (χ3v) is 4.30. The van der Waals surface area contributed by atoms with Gasteiger partial charge in [-0.15, -0.1) is 0 Å². The van der Waals surface area contributed by atoms with Crippen molar-refractivity contribution < 1.29 is 4.42 Å². The first kappa shape index (κ1) is 12.6. The van der Waals surface area contributed by atoms with Gasteiger partial charge in [0, 0.05) is 10.9 Å². The van der Waals surface area contributed by atoms with Gasteiger partial charge < -0.3 is 9.73 Å². The minimum Gasteiger partial charge on any atom is -0.467 e. The van der Waals surface area contributed by atoms with Gasteiger partial charge in [0.2, 0.25) is 5.95 Å². The highest BCUT2D eigenvalue weighted by Crippen LogP contribution is 2.37. The topological polar surface area (TPSA) is 55.9 Å². The maximum absolute atomic E-state index is 5.58. The summed E-state index contributed by atoms with van der Waals surface area (Å²) in [6, 6.07) is 12.5. The predicted molar refractivity (Wildman–Crippen MR) is 82.0 cm³/mol. The molecule has 2 aromatic heterocycles. The minimum atomic E-state index is 0.0624. The molecule has 1 N–H and O–H groups in total. The largest absolute Gasteiger partial charge is 0.467 e. The van der Waals surface area contributed by atoms with Gasteiger partial charge in [0.1, 0.15) is 18.1 Å². The van der Waals surface area contributed by atoms with Crippen molar-refractivity contribution in [1.82, 2.24) is 14.8 Å². The van der Waals surface area contributed by atoms with E-state index in [0.717, 1.165) is 22.6 Å². The van der Waals surface area contributed by atoms with Crippen LogP contribution in [0.5, 0.6) is 0 Å². The standard InChI is InChI=1S/C15H13BrN4O/c16-11-5-3-10(4-6-11)12-8-13(14-2-1-7-21-14)20-15(19-12)17-9-18-20/h1-7,9,12-13H,8H2,(H,17,18,19)/t12-,13-/m0/s1. The fourth-order valence-corrected chi connectivity index (χ4v) is 3.02. The highest BCUT2D eigenvalue weighted by Gasteiger charge is 2.31. The van der Waals surface area contributed by atoms with Crippen LogP contribution in [0.1, 0.15) is 29.8 Å². The molecule has 0 bridgehead atoms. The predicted octanol–water partition coefficient (Wildman–Crippen LogP) is 3.78. The number of hydrogen-bond donors (Lipinski definition) is 1. The molecule has 0 fully saturated rings. The molecule has 0 radical (unpaired) electrons. The average Bonchev–Trinajstić information content (AvgIpc) is 3.18. The van der Waals surface area contributed by atoms with Crippen LogP contribution in [0.4, 0.5) is 5.95 Å². The third-order valence-electron chi connectivity index (χ3n) is 3.77. The van der Waals surface area contributed by atoms with E-state index in [1.807, 2.05) is 16.8 Å². The van der Waals surface area contributed by atoms with Crippen molar-refractivity contribution in [3.8, 4) is 0 Å². The Morgan fingerprint density at radius 1 is 1.24 bits per heavy atom. The molecule has 1 aliphatic heterocycles. The van der Waals surface area contributed by atoms with E-state index in [4.69, 9.17) is 4.42 Å². The highest BCUT2D eigenvalue weighted by atomic mass is 79.9. The van der Waals surface area contributed by atoms with Crippen LogP contribution < -0.4 is 5.32 Å². The molecule has 3 heterocycles. The highest BCUT2D eigenvalue weighted by molar-refractivity contribution is 9.10. The molecule has 4 rings (SSSR count). The number of fused-ring (bicyclic) bond motifs is 1. The molecule has 5 nitrogen and oxygen atoms in total. The summed E-state index contributed by atoms with van der Waals surface area (Å²) in [5.41, 5.74) is 1.23. The molecular weight excluding hydrogens is 332 g/mol. The second-order valence-electron chi connectivity index (χ2n) is 5.04. The summed E-state index contributed by atoms with van der Waals surface area (Å²) >= 11 is 3.47. The molecule has 0 aliphatic carbocycles. The molecule has 1 aliphatic rings. The minimum absolute atomic E-state index is 0.0624. The molecule has 0 saturated heterocycles. The van der Waals surface area contributed by atoms with Crippen LogP contribution in [0.3, 0.4) is 0 Å². The Kier molecular flexibility index (Phi) is 3.03. The van der Waals surface area contributed by atoms with E-state index < -0.39 is 0 Å². The van der Waals surface area contributed by atoms with Crippen LogP contribution in [0.2, 0.25) is 0 Å². The van der Waals surface area contributed by atoms with Crippen molar-refractivity contribution in [2.75, 3.05) is 5.32 Å². The Balaban J connectivity index is 1.72. The van der Waals surface area contributed by atoms with Gasteiger partial charge in [0.15, 0.2) is 0 Å². The molecule has 106 valence electrons. The number of halogens is 1. The Morgan fingerprint density at radius 3 is 2.86 bits per heavy atom. The molecule has 0 unspecified atom stereocenters. The maximum atomic E-state index is 5.58. The van der Waals surface area contributed by atoms with Crippen LogP contribution in [0.25, 0.3) is 0 Å². The second-order valence-corrected chi connectivity index (χ2v) is 5.96. The van der Waals surface area contributed by atoms with Gasteiger partial charge in [0.25, 0.3) is 0 Å². The second kappa shape index (κ2) is 5.04. The molecule has 2 atom stereocenters. The number of rotatable bonds is 2. The Labute approximate surface area is 130 Å². The zero-order valence-corrected chi connectivity index (χ0v) is 12.7. The van der Waals surface area contributed by atoms with Crippen molar-refractivity contribution in [2.45, 2.75) is 18.5 Å². The van der Waals surface area contributed by atoms with Gasteiger partial charge in [0.05, 0.1) is 12.3 Å². The van der Waals surface area contributed by atoms with Crippen LogP contribution in [0.15, 0.2) is 57.9 Å². The summed E-state index contributed by atoms with van der Waals surface area (Å²) in [4.78, 5) is 4.30. The normalized spacial score (nSPS) is 20.8. The molecule has 6 heteroatoms. The average molecular weight is 345 g/mol. The lowest BCUT2D eigenvalue weighted by Crippen LogP contribution is -2.27. The van der Waals surface area contributed by atoms with E-state index in [0.29, 0.717) is 0 Å². The fraction of sp³-hybridized carbons (Fsp3) is 0.200. The summed E-state index contributed by atoms with van der Waals surface area (Å²) in [6.07, 6.45) is 4.14. The number of nitrogens with one attached hydrogen (secondary N) is 1. The number of hydrogen-bond acceptors (Lipinski definition) is 4. The van der Waals surface area contributed by atoms with E-state index in [1.54, 1.807) is 12.6 Å². The zero-order valence-electron chi connectivity index (χ0n) is 11.1. The van der Waals surface area contributed by atoms with Crippen LogP contribution >= 0.6 is 15.9 Å². The van der Waals surface area contributed by atoms with Gasteiger partial charge in [-0.2, -0.15) is 10.1 Å². The SMILES string of the molecule is Brc1ccc([C@@H]2C[C@@H](c3ccco3)n3ncnc3N2)cc1. The number of aromatic nitrogens is 3. The fourth-order valence-electron chi connectivity index (χ4n) is 2.75. The molecule has 0 saturated carbocycles. The number of nitrogens with zero attached hydrogens (tertiary/aromatic N) is 3. The monoisotopic (exact) mass is 344 g/mol. The van der Waals surface area contributed by atoms with Crippen LogP contribution in [-0.4, -0.2) is 14.8 Å². The molecule has 21 heavy (non-hydrogen) atoms. The van der Waals surface area contributed by atoms with E-state index in [1.165, 1.54) is 5.56 Å². The number of benzene rings is 1. The molecule has 3 aromatic rings. The Hall–Kier alpha value is -2.08. The van der Waals surface area contributed by atoms with Gasteiger partial charge in [-0.3, -0.25) is 0 Å². The first-order valence-corrected chi connectivity index (χ1v) is 7.55. The van der Waals surface area contributed by atoms with Gasteiger partial charge in [-0.1, -0.05) is 28.1 Å². The molecule has 0 spiro atoms. The Morgan fingerprint density at radius 2 is 2.10 bits per heavy atom. The van der Waals surface area contributed by atoms with Gasteiger partial charge >= 0.3 is 0 Å². The number of anilines is 1. The van der Waals surface area contributed by atoms with E-state index in [2.05, 4.69) is 55.6 Å². The first-order valence-electron chi connectivity index (χ1n) is 6.76. The quantitative estimate of drug-likeness (QED) is 0.768. The summed E-state index contributed by atoms with van der Waals surface area (Å²) in [7, 11) is 0. The zero-order chi connectivity index (χ0) is 14.2. The van der Waals surface area contributed by atoms with E-state index in [-0.39, 0.29) is 12.1 Å². The number of furan rings is 1. The Bertz CT molecular complexity index is 735. The van der Waals surface area contributed by atoms with Gasteiger partial charge in [-0.05, 0) is 29.8 Å². The summed E-state index contributed by atoms with van der Waals surface area (Å²) in [6.45, 7) is 0. The lowest BCUT2D eigenvalue weighted by atomic mass is 9.96. The van der Waals surface area contributed by atoms with Crippen molar-refractivity contribution >= 4 is 21.9 Å². The molecular formula is C15H13BrN4O. The summed E-state index contributed by atoms with van der Waals surface area (Å²) in [5.74, 6) is 1.68. The van der Waals surface area contributed by atoms with Crippen molar-refractivity contribution in [1.29, 1.82) is 0 Å².